The lowest BCUT2D eigenvalue weighted by Gasteiger charge is -2.28. The van der Waals surface area contributed by atoms with Gasteiger partial charge in [-0.1, -0.05) is 0 Å². The second kappa shape index (κ2) is 8.63. The van der Waals surface area contributed by atoms with Crippen molar-refractivity contribution >= 4 is 40.2 Å². The zero-order valence-corrected chi connectivity index (χ0v) is 15.9. The van der Waals surface area contributed by atoms with Crippen LogP contribution in [0.2, 0.25) is 0 Å². The van der Waals surface area contributed by atoms with Crippen LogP contribution in [0.4, 0.5) is 10.8 Å². The molecule has 1 aliphatic heterocycles. The number of fused-ring (bicyclic) bond motifs is 1. The number of anilines is 2. The van der Waals surface area contributed by atoms with Crippen LogP contribution in [0.3, 0.4) is 0 Å². The molecule has 8 nitrogen and oxygen atoms in total. The van der Waals surface area contributed by atoms with Crippen LogP contribution >= 0.6 is 11.3 Å². The fourth-order valence-corrected chi connectivity index (χ4v) is 3.27. The number of rotatable bonds is 7. The third-order valence-electron chi connectivity index (χ3n) is 3.80. The second-order valence-corrected chi connectivity index (χ2v) is 6.51. The lowest BCUT2D eigenvalue weighted by molar-refractivity contribution is -0.142. The van der Waals surface area contributed by atoms with Crippen LogP contribution in [0.25, 0.3) is 0 Å². The summed E-state index contributed by atoms with van der Waals surface area (Å²) < 4.78 is 10.4. The van der Waals surface area contributed by atoms with Gasteiger partial charge in [0.25, 0.3) is 5.91 Å². The van der Waals surface area contributed by atoms with E-state index >= 15 is 0 Å². The Morgan fingerprint density at radius 3 is 3.11 bits per heavy atom. The summed E-state index contributed by atoms with van der Waals surface area (Å²) in [7, 11) is 0. The highest BCUT2D eigenvalue weighted by atomic mass is 32.1. The molecule has 1 N–H and O–H groups in total. The molecular weight excluding hydrogens is 368 g/mol. The smallest absolute Gasteiger partial charge is 0.311 e. The highest BCUT2D eigenvalue weighted by Crippen LogP contribution is 2.32. The topological polar surface area (TPSA) is 93.1 Å². The number of aromatic nitrogens is 1. The van der Waals surface area contributed by atoms with Gasteiger partial charge in [0.2, 0.25) is 5.13 Å². The summed E-state index contributed by atoms with van der Waals surface area (Å²) in [6.07, 6.45) is 1.78. The number of hydrogen-bond acceptors (Lipinski definition) is 8. The van der Waals surface area contributed by atoms with E-state index in [9.17, 15) is 9.59 Å². The molecule has 0 aliphatic carbocycles. The molecule has 0 unspecified atom stereocenters. The molecule has 142 valence electrons. The highest BCUT2D eigenvalue weighted by Gasteiger charge is 2.24. The molecule has 1 aromatic carbocycles. The van der Waals surface area contributed by atoms with Gasteiger partial charge in [-0.25, -0.2) is 4.98 Å². The number of ether oxygens (including phenoxy) is 2. The van der Waals surface area contributed by atoms with Crippen molar-refractivity contribution in [1.29, 1.82) is 0 Å². The number of amides is 1. The SMILES string of the molecule is CCOC(=O)Cc1csc(NN=Cc2ccc3c(c2)N(CC)C(=O)CO3)n1. The molecular formula is C18H20N4O4S. The number of carbonyl (C=O) groups is 2. The fraction of sp³-hybridized carbons (Fsp3) is 0.333. The van der Waals surface area contributed by atoms with Crippen molar-refractivity contribution in [2.45, 2.75) is 20.3 Å². The Hall–Kier alpha value is -2.94. The lowest BCUT2D eigenvalue weighted by atomic mass is 10.1. The van der Waals surface area contributed by atoms with Gasteiger partial charge in [0.1, 0.15) is 5.75 Å². The predicted molar refractivity (Wildman–Crippen MR) is 104 cm³/mol. The molecule has 2 aromatic rings. The standard InChI is InChI=1S/C18H20N4O4S/c1-3-22-14-7-12(5-6-15(14)26-10-16(22)23)9-19-21-18-20-13(11-27-18)8-17(24)25-4-2/h5-7,9,11H,3-4,8,10H2,1-2H3,(H,20,21). The highest BCUT2D eigenvalue weighted by molar-refractivity contribution is 7.13. The monoisotopic (exact) mass is 388 g/mol. The van der Waals surface area contributed by atoms with E-state index in [1.165, 1.54) is 11.3 Å². The van der Waals surface area contributed by atoms with E-state index in [4.69, 9.17) is 9.47 Å². The zero-order chi connectivity index (χ0) is 19.2. The second-order valence-electron chi connectivity index (χ2n) is 5.65. The summed E-state index contributed by atoms with van der Waals surface area (Å²) in [5, 5.41) is 6.54. The van der Waals surface area contributed by atoms with Crippen LogP contribution in [0.1, 0.15) is 25.1 Å². The average molecular weight is 388 g/mol. The minimum Gasteiger partial charge on any atom is -0.482 e. The molecule has 2 heterocycles. The summed E-state index contributed by atoms with van der Waals surface area (Å²) in [5.74, 6) is 0.323. The van der Waals surface area contributed by atoms with Crippen molar-refractivity contribution in [3.63, 3.8) is 0 Å². The van der Waals surface area contributed by atoms with Gasteiger partial charge in [0, 0.05) is 11.9 Å². The van der Waals surface area contributed by atoms with Crippen molar-refractivity contribution in [3.8, 4) is 5.75 Å². The summed E-state index contributed by atoms with van der Waals surface area (Å²) in [4.78, 5) is 29.4. The Morgan fingerprint density at radius 1 is 1.48 bits per heavy atom. The molecule has 0 saturated heterocycles. The van der Waals surface area contributed by atoms with Crippen molar-refractivity contribution in [2.75, 3.05) is 30.1 Å². The first-order valence-electron chi connectivity index (χ1n) is 8.57. The Labute approximate surface area is 160 Å². The Balaban J connectivity index is 1.64. The normalized spacial score (nSPS) is 13.4. The minimum atomic E-state index is -0.302. The van der Waals surface area contributed by atoms with Crippen LogP contribution in [0.5, 0.6) is 5.75 Å². The molecule has 0 saturated carbocycles. The third kappa shape index (κ3) is 4.62. The summed E-state index contributed by atoms with van der Waals surface area (Å²) in [6.45, 7) is 4.68. The quantitative estimate of drug-likeness (QED) is 0.445. The predicted octanol–water partition coefficient (Wildman–Crippen LogP) is 2.44. The number of hydrazone groups is 1. The van der Waals surface area contributed by atoms with Crippen LogP contribution in [-0.2, 0) is 20.7 Å². The molecule has 0 radical (unpaired) electrons. The Bertz CT molecular complexity index is 865. The van der Waals surface area contributed by atoms with Gasteiger partial charge in [-0.15, -0.1) is 11.3 Å². The van der Waals surface area contributed by atoms with Gasteiger partial charge in [-0.05, 0) is 37.6 Å². The van der Waals surface area contributed by atoms with Gasteiger partial charge >= 0.3 is 5.97 Å². The first-order chi connectivity index (χ1) is 13.1. The number of likely N-dealkylation sites (N-methyl/N-ethyl adjacent to an activating group) is 1. The van der Waals surface area contributed by atoms with Crippen molar-refractivity contribution in [2.24, 2.45) is 5.10 Å². The van der Waals surface area contributed by atoms with E-state index in [0.717, 1.165) is 11.3 Å². The molecule has 3 rings (SSSR count). The number of esters is 1. The van der Waals surface area contributed by atoms with Crippen LogP contribution in [-0.4, -0.2) is 42.8 Å². The number of benzene rings is 1. The van der Waals surface area contributed by atoms with Crippen molar-refractivity contribution in [3.05, 3.63) is 34.8 Å². The average Bonchev–Trinajstić information content (AvgIpc) is 3.09. The van der Waals surface area contributed by atoms with Gasteiger partial charge in [-0.3, -0.25) is 15.0 Å². The zero-order valence-electron chi connectivity index (χ0n) is 15.1. The maximum atomic E-state index is 11.9. The minimum absolute atomic E-state index is 0.0610. The molecule has 0 spiro atoms. The van der Waals surface area contributed by atoms with Gasteiger partial charge < -0.3 is 14.4 Å². The van der Waals surface area contributed by atoms with Gasteiger partial charge in [-0.2, -0.15) is 5.10 Å². The maximum Gasteiger partial charge on any atom is 0.311 e. The number of thiazole rings is 1. The first-order valence-corrected chi connectivity index (χ1v) is 9.45. The first kappa shape index (κ1) is 18.8. The van der Waals surface area contributed by atoms with E-state index < -0.39 is 0 Å². The summed E-state index contributed by atoms with van der Waals surface area (Å²) in [6, 6.07) is 5.55. The van der Waals surface area contributed by atoms with Crippen LogP contribution < -0.4 is 15.1 Å². The van der Waals surface area contributed by atoms with Crippen LogP contribution in [0, 0.1) is 0 Å². The van der Waals surface area contributed by atoms with E-state index in [1.807, 2.05) is 25.1 Å². The summed E-state index contributed by atoms with van der Waals surface area (Å²) in [5.41, 5.74) is 5.04. The van der Waals surface area contributed by atoms with Crippen LogP contribution in [0.15, 0.2) is 28.7 Å². The number of nitrogens with one attached hydrogen (secondary N) is 1. The van der Waals surface area contributed by atoms with E-state index in [0.29, 0.717) is 29.7 Å². The lowest BCUT2D eigenvalue weighted by Crippen LogP contribution is -2.38. The van der Waals surface area contributed by atoms with E-state index in [1.54, 1.807) is 23.4 Å². The van der Waals surface area contributed by atoms with Gasteiger partial charge in [0.05, 0.1) is 30.6 Å². The molecule has 0 fully saturated rings. The number of nitrogens with zero attached hydrogens (tertiary/aromatic N) is 3. The molecule has 9 heteroatoms. The molecule has 1 aliphatic rings. The Morgan fingerprint density at radius 2 is 2.33 bits per heavy atom. The molecule has 0 bridgehead atoms. The number of hydrogen-bond donors (Lipinski definition) is 1. The number of carbonyl (C=O) groups excluding carboxylic acids is 2. The van der Waals surface area contributed by atoms with E-state index in [2.05, 4.69) is 15.5 Å². The maximum absolute atomic E-state index is 11.9. The molecule has 27 heavy (non-hydrogen) atoms. The third-order valence-corrected chi connectivity index (χ3v) is 4.59. The fourth-order valence-electron chi connectivity index (χ4n) is 2.61. The Kier molecular flexibility index (Phi) is 6.02. The van der Waals surface area contributed by atoms with E-state index in [-0.39, 0.29) is 24.9 Å². The van der Waals surface area contributed by atoms with Crippen molar-refractivity contribution < 1.29 is 19.1 Å². The summed E-state index contributed by atoms with van der Waals surface area (Å²) >= 11 is 1.36. The van der Waals surface area contributed by atoms with Crippen molar-refractivity contribution in [1.82, 2.24) is 4.98 Å². The largest absolute Gasteiger partial charge is 0.482 e. The molecule has 1 amide bonds. The molecule has 0 atom stereocenters. The van der Waals surface area contributed by atoms with Gasteiger partial charge in [0.15, 0.2) is 6.61 Å². The molecule has 1 aromatic heterocycles.